The van der Waals surface area contributed by atoms with Crippen molar-refractivity contribution in [3.63, 3.8) is 0 Å². The molecule has 0 saturated heterocycles. The van der Waals surface area contributed by atoms with Crippen LogP contribution < -0.4 is 4.74 Å². The van der Waals surface area contributed by atoms with Crippen LogP contribution in [0, 0.1) is 5.82 Å². The van der Waals surface area contributed by atoms with Crippen molar-refractivity contribution < 1.29 is 27.1 Å². The van der Waals surface area contributed by atoms with Crippen molar-refractivity contribution >= 4 is 15.6 Å². The molecule has 1 atom stereocenters. The second-order valence-electron chi connectivity index (χ2n) is 8.71. The van der Waals surface area contributed by atoms with Crippen molar-refractivity contribution in [2.45, 2.75) is 49.5 Å². The molecule has 1 saturated carbocycles. The van der Waals surface area contributed by atoms with E-state index in [-0.39, 0.29) is 41.3 Å². The lowest BCUT2D eigenvalue weighted by Gasteiger charge is -2.16. The SMILES string of the molecule is CCOc1cncc(-c2cnc(CC(=O)C(CCOC)c3ccnc(CS(=O)(=O)C4CC4)n3)c(F)c2)n1. The number of ether oxygens (including phenoxy) is 2. The average Bonchev–Trinajstić information content (AvgIpc) is 3.72. The largest absolute Gasteiger partial charge is 0.477 e. The molecule has 0 N–H and O–H groups in total. The van der Waals surface area contributed by atoms with Gasteiger partial charge in [0.2, 0.25) is 5.88 Å². The molecule has 4 rings (SSSR count). The zero-order valence-corrected chi connectivity index (χ0v) is 21.4. The van der Waals surface area contributed by atoms with Crippen molar-refractivity contribution in [3.05, 3.63) is 59.9 Å². The van der Waals surface area contributed by atoms with E-state index in [1.165, 1.54) is 38.0 Å². The van der Waals surface area contributed by atoms with E-state index in [2.05, 4.69) is 24.9 Å². The Hall–Kier alpha value is -3.38. The summed E-state index contributed by atoms with van der Waals surface area (Å²) in [6, 6.07) is 2.83. The summed E-state index contributed by atoms with van der Waals surface area (Å²) in [5.41, 5.74) is 1.15. The van der Waals surface area contributed by atoms with Gasteiger partial charge in [-0.3, -0.25) is 14.8 Å². The van der Waals surface area contributed by atoms with Crippen LogP contribution in [-0.2, 0) is 31.5 Å². The van der Waals surface area contributed by atoms with Crippen LogP contribution in [0.25, 0.3) is 11.3 Å². The minimum absolute atomic E-state index is 0.0179. The van der Waals surface area contributed by atoms with Gasteiger partial charge in [-0.05, 0) is 38.3 Å². The van der Waals surface area contributed by atoms with E-state index < -0.39 is 21.6 Å². The van der Waals surface area contributed by atoms with Crippen molar-refractivity contribution in [2.75, 3.05) is 20.3 Å². The van der Waals surface area contributed by atoms with E-state index in [0.717, 1.165) is 0 Å². The number of pyridine rings is 1. The highest BCUT2D eigenvalue weighted by Crippen LogP contribution is 2.31. The smallest absolute Gasteiger partial charge is 0.232 e. The Labute approximate surface area is 214 Å². The number of hydrogen-bond donors (Lipinski definition) is 0. The zero-order valence-electron chi connectivity index (χ0n) is 20.6. The number of carbonyl (C=O) groups excluding carboxylic acids is 1. The molecule has 3 aromatic rings. The van der Waals surface area contributed by atoms with Gasteiger partial charge in [0.05, 0.1) is 53.7 Å². The van der Waals surface area contributed by atoms with Crippen LogP contribution in [0.2, 0.25) is 0 Å². The maximum Gasteiger partial charge on any atom is 0.232 e. The van der Waals surface area contributed by atoms with Gasteiger partial charge in [-0.25, -0.2) is 27.8 Å². The van der Waals surface area contributed by atoms with E-state index in [0.29, 0.717) is 48.7 Å². The molecule has 196 valence electrons. The summed E-state index contributed by atoms with van der Waals surface area (Å²) in [5, 5.41) is -0.338. The number of halogens is 1. The molecule has 1 aliphatic carbocycles. The topological polar surface area (TPSA) is 134 Å². The number of aromatic nitrogens is 5. The Morgan fingerprint density at radius 3 is 2.70 bits per heavy atom. The summed E-state index contributed by atoms with van der Waals surface area (Å²) in [6.07, 6.45) is 7.13. The highest BCUT2D eigenvalue weighted by molar-refractivity contribution is 7.91. The number of ketones is 1. The van der Waals surface area contributed by atoms with Gasteiger partial charge in [-0.2, -0.15) is 0 Å². The molecule has 10 nitrogen and oxygen atoms in total. The van der Waals surface area contributed by atoms with Gasteiger partial charge in [-0.15, -0.1) is 0 Å². The van der Waals surface area contributed by atoms with Crippen LogP contribution in [0.5, 0.6) is 5.88 Å². The van der Waals surface area contributed by atoms with Crippen LogP contribution >= 0.6 is 0 Å². The first-order valence-corrected chi connectivity index (χ1v) is 13.7. The summed E-state index contributed by atoms with van der Waals surface area (Å²) in [5.74, 6) is -1.52. The molecular formula is C25H28FN5O5S. The number of Topliss-reactive ketones (excluding diaryl/α,β-unsaturated/α-hetero) is 1. The number of carbonyl (C=O) groups is 1. The molecule has 1 unspecified atom stereocenters. The van der Waals surface area contributed by atoms with Gasteiger partial charge in [-0.1, -0.05) is 0 Å². The zero-order chi connectivity index (χ0) is 26.4. The Morgan fingerprint density at radius 2 is 2.00 bits per heavy atom. The predicted octanol–water partition coefficient (Wildman–Crippen LogP) is 2.88. The molecule has 3 heterocycles. The fourth-order valence-electron chi connectivity index (χ4n) is 3.84. The van der Waals surface area contributed by atoms with Gasteiger partial charge in [0.25, 0.3) is 0 Å². The number of methoxy groups -OCH3 is 1. The molecule has 0 amide bonds. The Balaban J connectivity index is 1.53. The molecule has 3 aromatic heterocycles. The minimum Gasteiger partial charge on any atom is -0.477 e. The van der Waals surface area contributed by atoms with Gasteiger partial charge >= 0.3 is 0 Å². The third-order valence-electron chi connectivity index (χ3n) is 5.91. The van der Waals surface area contributed by atoms with Crippen molar-refractivity contribution in [1.29, 1.82) is 0 Å². The first-order valence-electron chi connectivity index (χ1n) is 12.0. The van der Waals surface area contributed by atoms with Crippen LogP contribution in [0.3, 0.4) is 0 Å². The molecule has 0 aliphatic heterocycles. The number of nitrogens with zero attached hydrogens (tertiary/aromatic N) is 5. The van der Waals surface area contributed by atoms with Crippen molar-refractivity contribution in [2.24, 2.45) is 0 Å². The quantitative estimate of drug-likeness (QED) is 0.325. The van der Waals surface area contributed by atoms with E-state index in [4.69, 9.17) is 9.47 Å². The third kappa shape index (κ3) is 6.89. The van der Waals surface area contributed by atoms with Crippen LogP contribution in [0.4, 0.5) is 4.39 Å². The monoisotopic (exact) mass is 529 g/mol. The summed E-state index contributed by atoms with van der Waals surface area (Å²) >= 11 is 0. The molecule has 0 bridgehead atoms. The van der Waals surface area contributed by atoms with Crippen molar-refractivity contribution in [1.82, 2.24) is 24.9 Å². The van der Waals surface area contributed by atoms with E-state index in [9.17, 15) is 17.6 Å². The fraction of sp³-hybridized carbons (Fsp3) is 0.440. The summed E-state index contributed by atoms with van der Waals surface area (Å²) in [7, 11) is -1.81. The molecule has 0 aromatic carbocycles. The van der Waals surface area contributed by atoms with Gasteiger partial charge < -0.3 is 9.47 Å². The Kier molecular flexibility index (Phi) is 8.49. The molecule has 1 fully saturated rings. The average molecular weight is 530 g/mol. The van der Waals surface area contributed by atoms with E-state index in [1.807, 2.05) is 6.92 Å². The molecule has 12 heteroatoms. The van der Waals surface area contributed by atoms with Crippen LogP contribution in [-0.4, -0.2) is 64.7 Å². The van der Waals surface area contributed by atoms with Gasteiger partial charge in [0.15, 0.2) is 9.84 Å². The maximum atomic E-state index is 15.0. The highest BCUT2D eigenvalue weighted by atomic mass is 32.2. The van der Waals surface area contributed by atoms with E-state index >= 15 is 0 Å². The normalized spacial score (nSPS) is 14.4. The molecule has 0 radical (unpaired) electrons. The summed E-state index contributed by atoms with van der Waals surface area (Å²) in [6.45, 7) is 2.50. The lowest BCUT2D eigenvalue weighted by molar-refractivity contribution is -0.120. The van der Waals surface area contributed by atoms with Crippen molar-refractivity contribution in [3.8, 4) is 17.1 Å². The van der Waals surface area contributed by atoms with Gasteiger partial charge in [0.1, 0.15) is 23.2 Å². The fourth-order valence-corrected chi connectivity index (χ4v) is 5.43. The minimum atomic E-state index is -3.32. The third-order valence-corrected chi connectivity index (χ3v) is 8.05. The second kappa shape index (κ2) is 11.8. The summed E-state index contributed by atoms with van der Waals surface area (Å²) < 4.78 is 50.2. The van der Waals surface area contributed by atoms with E-state index in [1.54, 1.807) is 6.07 Å². The highest BCUT2D eigenvalue weighted by Gasteiger charge is 2.36. The number of rotatable bonds is 13. The van der Waals surface area contributed by atoms with Gasteiger partial charge in [0, 0.05) is 31.7 Å². The van der Waals surface area contributed by atoms with Crippen LogP contribution in [0.1, 0.15) is 49.3 Å². The number of hydrogen-bond acceptors (Lipinski definition) is 10. The second-order valence-corrected chi connectivity index (χ2v) is 11.0. The predicted molar refractivity (Wildman–Crippen MR) is 132 cm³/mol. The Morgan fingerprint density at radius 1 is 1.19 bits per heavy atom. The molecule has 0 spiro atoms. The molecular weight excluding hydrogens is 501 g/mol. The first kappa shape index (κ1) is 26.7. The molecule has 1 aliphatic rings. The standard InChI is InChI=1S/C25H28FN5O5S/c1-3-36-25-14-27-13-22(31-25)16-10-19(26)21(29-12-16)11-23(32)18(7-9-35-2)20-6-8-28-24(30-20)15-37(33,34)17-4-5-17/h6,8,10,12-14,17-18H,3-5,7,9,11,15H2,1-2H3. The number of sulfone groups is 1. The van der Waals surface area contributed by atoms with Crippen LogP contribution in [0.15, 0.2) is 36.9 Å². The lowest BCUT2D eigenvalue weighted by atomic mass is 9.93. The summed E-state index contributed by atoms with van der Waals surface area (Å²) in [4.78, 5) is 34.2. The molecule has 37 heavy (non-hydrogen) atoms. The Bertz CT molecular complexity index is 1370. The maximum absolute atomic E-state index is 15.0. The first-order chi connectivity index (χ1) is 17.8. The lowest BCUT2D eigenvalue weighted by Crippen LogP contribution is -2.21.